The average Bonchev–Trinajstić information content (AvgIpc) is 2.96. The average molecular weight is 291 g/mol. The van der Waals surface area contributed by atoms with Gasteiger partial charge in [-0.15, -0.1) is 12.4 Å². The number of furan rings is 1. The van der Waals surface area contributed by atoms with Crippen LogP contribution in [0.25, 0.3) is 0 Å². The van der Waals surface area contributed by atoms with Crippen molar-refractivity contribution in [1.82, 2.24) is 4.90 Å². The number of nitrogens with zero attached hydrogens (tertiary/aromatic N) is 1. The molecule has 1 aliphatic carbocycles. The smallest absolute Gasteiger partial charge is 0.289 e. The van der Waals surface area contributed by atoms with Crippen molar-refractivity contribution < 1.29 is 9.21 Å². The predicted molar refractivity (Wildman–Crippen MR) is 71.1 cm³/mol. The van der Waals surface area contributed by atoms with E-state index in [0.717, 1.165) is 25.9 Å². The maximum Gasteiger partial charge on any atom is 0.289 e. The molecule has 2 aliphatic rings. The second-order valence-electron chi connectivity index (χ2n) is 4.98. The summed E-state index contributed by atoms with van der Waals surface area (Å²) in [4.78, 5) is 14.0. The standard InChI is InChI=1S/C12H15ClN2O2.ClH/c13-11-4-3-10(17-11)12(16)15-5-7-1-2-9(14)8(7)6-15;/h3-4,7-9H,1-2,5-6,14H2;1H. The number of amides is 1. The zero-order valence-electron chi connectivity index (χ0n) is 9.84. The van der Waals surface area contributed by atoms with Gasteiger partial charge in [0.25, 0.3) is 5.91 Å². The lowest BCUT2D eigenvalue weighted by molar-refractivity contribution is 0.0748. The van der Waals surface area contributed by atoms with Crippen LogP contribution in [0, 0.1) is 11.8 Å². The van der Waals surface area contributed by atoms with Crippen LogP contribution in [0.1, 0.15) is 23.4 Å². The molecule has 2 heterocycles. The van der Waals surface area contributed by atoms with Gasteiger partial charge in [0, 0.05) is 19.1 Å². The van der Waals surface area contributed by atoms with E-state index in [2.05, 4.69) is 0 Å². The lowest BCUT2D eigenvalue weighted by Crippen LogP contribution is -2.33. The van der Waals surface area contributed by atoms with Gasteiger partial charge in [-0.05, 0) is 48.4 Å². The maximum absolute atomic E-state index is 12.1. The van der Waals surface area contributed by atoms with Crippen LogP contribution in [-0.2, 0) is 0 Å². The Kier molecular flexibility index (Phi) is 3.90. The number of fused-ring (bicyclic) bond motifs is 1. The van der Waals surface area contributed by atoms with Crippen molar-refractivity contribution in [3.63, 3.8) is 0 Å². The molecule has 2 N–H and O–H groups in total. The lowest BCUT2D eigenvalue weighted by Gasteiger charge is -2.17. The molecule has 1 saturated carbocycles. The minimum absolute atomic E-state index is 0. The number of hydrogen-bond donors (Lipinski definition) is 1. The molecule has 0 aromatic carbocycles. The Morgan fingerprint density at radius 2 is 2.17 bits per heavy atom. The Labute approximate surface area is 117 Å². The minimum Gasteiger partial charge on any atom is -0.440 e. The molecule has 1 aromatic rings. The van der Waals surface area contributed by atoms with Crippen molar-refractivity contribution in [3.05, 3.63) is 23.1 Å². The van der Waals surface area contributed by atoms with Crippen molar-refractivity contribution in [3.8, 4) is 0 Å². The summed E-state index contributed by atoms with van der Waals surface area (Å²) in [7, 11) is 0. The first kappa shape index (κ1) is 13.7. The van der Waals surface area contributed by atoms with E-state index in [9.17, 15) is 4.79 Å². The number of carbonyl (C=O) groups excluding carboxylic acids is 1. The second-order valence-corrected chi connectivity index (χ2v) is 5.35. The fourth-order valence-corrected chi connectivity index (χ4v) is 3.20. The molecule has 1 aromatic heterocycles. The normalized spacial score (nSPS) is 30.1. The Morgan fingerprint density at radius 3 is 2.78 bits per heavy atom. The van der Waals surface area contributed by atoms with Crippen LogP contribution in [0.4, 0.5) is 0 Å². The van der Waals surface area contributed by atoms with Crippen molar-refractivity contribution in [1.29, 1.82) is 0 Å². The number of halogens is 2. The Morgan fingerprint density at radius 1 is 1.39 bits per heavy atom. The monoisotopic (exact) mass is 290 g/mol. The molecular formula is C12H16Cl2N2O2. The van der Waals surface area contributed by atoms with Gasteiger partial charge in [0.05, 0.1) is 0 Å². The first-order valence-electron chi connectivity index (χ1n) is 5.95. The minimum atomic E-state index is -0.0708. The van der Waals surface area contributed by atoms with Crippen LogP contribution in [0.2, 0.25) is 5.22 Å². The largest absolute Gasteiger partial charge is 0.440 e. The molecular weight excluding hydrogens is 275 g/mol. The van der Waals surface area contributed by atoms with Crippen molar-refractivity contribution in [2.75, 3.05) is 13.1 Å². The first-order chi connectivity index (χ1) is 8.15. The molecule has 18 heavy (non-hydrogen) atoms. The summed E-state index contributed by atoms with van der Waals surface area (Å²) in [5, 5.41) is 0.254. The molecule has 1 amide bonds. The van der Waals surface area contributed by atoms with E-state index in [1.54, 1.807) is 12.1 Å². The second kappa shape index (κ2) is 5.11. The van der Waals surface area contributed by atoms with E-state index in [4.69, 9.17) is 21.8 Å². The molecule has 1 aliphatic heterocycles. The maximum atomic E-state index is 12.1. The molecule has 6 heteroatoms. The topological polar surface area (TPSA) is 59.5 Å². The third-order valence-electron chi connectivity index (χ3n) is 3.98. The lowest BCUT2D eigenvalue weighted by atomic mass is 9.98. The van der Waals surface area contributed by atoms with E-state index in [-0.39, 0.29) is 29.6 Å². The van der Waals surface area contributed by atoms with Crippen molar-refractivity contribution in [2.45, 2.75) is 18.9 Å². The van der Waals surface area contributed by atoms with Gasteiger partial charge in [0.2, 0.25) is 0 Å². The van der Waals surface area contributed by atoms with Gasteiger partial charge in [-0.1, -0.05) is 0 Å². The summed E-state index contributed by atoms with van der Waals surface area (Å²) in [6.07, 6.45) is 2.22. The first-order valence-corrected chi connectivity index (χ1v) is 6.33. The quantitative estimate of drug-likeness (QED) is 0.862. The highest BCUT2D eigenvalue weighted by molar-refractivity contribution is 6.29. The molecule has 0 radical (unpaired) electrons. The molecule has 3 unspecified atom stereocenters. The summed E-state index contributed by atoms with van der Waals surface area (Å²) in [5.74, 6) is 1.28. The van der Waals surface area contributed by atoms with Crippen LogP contribution in [-0.4, -0.2) is 29.9 Å². The molecule has 0 spiro atoms. The highest BCUT2D eigenvalue weighted by atomic mass is 35.5. The van der Waals surface area contributed by atoms with Gasteiger partial charge in [-0.3, -0.25) is 4.79 Å². The van der Waals surface area contributed by atoms with E-state index < -0.39 is 0 Å². The fraction of sp³-hybridized carbons (Fsp3) is 0.583. The highest BCUT2D eigenvalue weighted by Crippen LogP contribution is 2.37. The number of carbonyl (C=O) groups is 1. The summed E-state index contributed by atoms with van der Waals surface area (Å²) >= 11 is 5.67. The van der Waals surface area contributed by atoms with Crippen molar-refractivity contribution in [2.24, 2.45) is 17.6 Å². The summed E-state index contributed by atoms with van der Waals surface area (Å²) in [6, 6.07) is 3.47. The Hall–Kier alpha value is -0.710. The molecule has 1 saturated heterocycles. The van der Waals surface area contributed by atoms with Gasteiger partial charge in [-0.2, -0.15) is 0 Å². The van der Waals surface area contributed by atoms with Gasteiger partial charge < -0.3 is 15.1 Å². The third-order valence-corrected chi connectivity index (χ3v) is 4.19. The van der Waals surface area contributed by atoms with Gasteiger partial charge in [-0.25, -0.2) is 0 Å². The Balaban J connectivity index is 0.00000120. The van der Waals surface area contributed by atoms with Gasteiger partial charge >= 0.3 is 0 Å². The summed E-state index contributed by atoms with van der Waals surface area (Å²) in [5.41, 5.74) is 6.04. The fourth-order valence-electron chi connectivity index (χ4n) is 3.06. The van der Waals surface area contributed by atoms with Crippen LogP contribution >= 0.6 is 24.0 Å². The van der Waals surface area contributed by atoms with Crippen molar-refractivity contribution >= 4 is 29.9 Å². The van der Waals surface area contributed by atoms with Crippen LogP contribution < -0.4 is 5.73 Å². The molecule has 100 valence electrons. The number of rotatable bonds is 1. The SMILES string of the molecule is Cl.NC1CCC2CN(C(=O)c3ccc(Cl)o3)CC12. The zero-order chi connectivity index (χ0) is 12.0. The van der Waals surface area contributed by atoms with E-state index in [1.165, 1.54) is 0 Å². The van der Waals surface area contributed by atoms with Gasteiger partial charge in [0.1, 0.15) is 0 Å². The van der Waals surface area contributed by atoms with Crippen LogP contribution in [0.5, 0.6) is 0 Å². The summed E-state index contributed by atoms with van der Waals surface area (Å²) in [6.45, 7) is 1.55. The number of likely N-dealkylation sites (tertiary alicyclic amines) is 1. The molecule has 0 bridgehead atoms. The number of nitrogens with two attached hydrogens (primary N) is 1. The molecule has 4 nitrogen and oxygen atoms in total. The van der Waals surface area contributed by atoms with Gasteiger partial charge in [0.15, 0.2) is 11.0 Å². The molecule has 3 rings (SSSR count). The zero-order valence-corrected chi connectivity index (χ0v) is 11.4. The highest BCUT2D eigenvalue weighted by Gasteiger charge is 2.43. The van der Waals surface area contributed by atoms with E-state index in [0.29, 0.717) is 17.6 Å². The number of hydrogen-bond acceptors (Lipinski definition) is 3. The van der Waals surface area contributed by atoms with Crippen LogP contribution in [0.3, 0.4) is 0 Å². The third kappa shape index (κ3) is 2.25. The predicted octanol–water partition coefficient (Wildman–Crippen LogP) is 2.16. The van der Waals surface area contributed by atoms with E-state index >= 15 is 0 Å². The van der Waals surface area contributed by atoms with E-state index in [1.807, 2.05) is 4.90 Å². The summed E-state index contributed by atoms with van der Waals surface area (Å²) < 4.78 is 5.15. The molecule has 2 fully saturated rings. The Bertz CT molecular complexity index is 449. The molecule has 3 atom stereocenters. The van der Waals surface area contributed by atoms with Crippen LogP contribution in [0.15, 0.2) is 16.5 Å².